The predicted molar refractivity (Wildman–Crippen MR) is 72.9 cm³/mol. The van der Waals surface area contributed by atoms with Crippen molar-refractivity contribution in [3.8, 4) is 0 Å². The minimum atomic E-state index is 0.107. The van der Waals surface area contributed by atoms with Crippen LogP contribution in [0.25, 0.3) is 0 Å². The number of likely N-dealkylation sites (tertiary alicyclic amines) is 1. The summed E-state index contributed by atoms with van der Waals surface area (Å²) >= 11 is 0. The number of hydrogen-bond acceptors (Lipinski definition) is 3. The predicted octanol–water partition coefficient (Wildman–Crippen LogP) is 1.84. The summed E-state index contributed by atoms with van der Waals surface area (Å²) in [5.41, 5.74) is 6.25. The maximum atomic E-state index is 9.60. The van der Waals surface area contributed by atoms with Gasteiger partial charge in [-0.2, -0.15) is 0 Å². The third-order valence-electron chi connectivity index (χ3n) is 4.02. The van der Waals surface area contributed by atoms with Crippen molar-refractivity contribution in [2.45, 2.75) is 58.5 Å². The highest BCUT2D eigenvalue weighted by Gasteiger charge is 2.28. The molecule has 3 unspecified atom stereocenters. The van der Waals surface area contributed by atoms with E-state index >= 15 is 0 Å². The second kappa shape index (κ2) is 7.34. The first-order valence-electron chi connectivity index (χ1n) is 7.18. The number of nitrogens with zero attached hydrogens (tertiary/aromatic N) is 1. The van der Waals surface area contributed by atoms with Gasteiger partial charge in [0.25, 0.3) is 0 Å². The first-order valence-corrected chi connectivity index (χ1v) is 7.18. The highest BCUT2D eigenvalue weighted by Crippen LogP contribution is 2.22. The minimum Gasteiger partial charge on any atom is -0.395 e. The molecule has 0 aromatic carbocycles. The van der Waals surface area contributed by atoms with Gasteiger partial charge in [0.15, 0.2) is 0 Å². The number of aliphatic hydroxyl groups excluding tert-OH is 1. The van der Waals surface area contributed by atoms with Crippen molar-refractivity contribution in [2.75, 3.05) is 19.7 Å². The smallest absolute Gasteiger partial charge is 0.0601 e. The first kappa shape index (κ1) is 14.9. The molecule has 17 heavy (non-hydrogen) atoms. The lowest BCUT2D eigenvalue weighted by molar-refractivity contribution is 0.0603. The lowest BCUT2D eigenvalue weighted by Gasteiger charge is -2.40. The molecule has 3 nitrogen and oxygen atoms in total. The Morgan fingerprint density at radius 3 is 2.65 bits per heavy atom. The van der Waals surface area contributed by atoms with E-state index in [2.05, 4.69) is 25.7 Å². The van der Waals surface area contributed by atoms with E-state index < -0.39 is 0 Å². The van der Waals surface area contributed by atoms with Crippen LogP contribution in [0.1, 0.15) is 46.5 Å². The van der Waals surface area contributed by atoms with Crippen LogP contribution in [0.4, 0.5) is 0 Å². The van der Waals surface area contributed by atoms with Crippen LogP contribution in [0.2, 0.25) is 0 Å². The van der Waals surface area contributed by atoms with Gasteiger partial charge in [-0.15, -0.1) is 0 Å². The molecule has 1 fully saturated rings. The quantitative estimate of drug-likeness (QED) is 0.747. The third kappa shape index (κ3) is 4.57. The van der Waals surface area contributed by atoms with Crippen molar-refractivity contribution in [3.63, 3.8) is 0 Å². The van der Waals surface area contributed by atoms with Crippen LogP contribution in [-0.4, -0.2) is 41.8 Å². The second-order valence-corrected chi connectivity index (χ2v) is 5.95. The molecule has 0 aromatic heterocycles. The molecule has 0 bridgehead atoms. The molecule has 3 N–H and O–H groups in total. The van der Waals surface area contributed by atoms with E-state index in [-0.39, 0.29) is 18.7 Å². The maximum Gasteiger partial charge on any atom is 0.0601 e. The van der Waals surface area contributed by atoms with E-state index in [1.165, 1.54) is 19.3 Å². The summed E-state index contributed by atoms with van der Waals surface area (Å²) in [5, 5.41) is 9.60. The molecule has 1 saturated heterocycles. The Hall–Kier alpha value is -0.120. The first-order chi connectivity index (χ1) is 8.08. The van der Waals surface area contributed by atoms with Crippen LogP contribution >= 0.6 is 0 Å². The van der Waals surface area contributed by atoms with Crippen LogP contribution in [0.15, 0.2) is 0 Å². The Kier molecular flexibility index (Phi) is 6.45. The molecule has 3 atom stereocenters. The molecular weight excluding hydrogens is 212 g/mol. The summed E-state index contributed by atoms with van der Waals surface area (Å²) in [4.78, 5) is 2.42. The Morgan fingerprint density at radius 1 is 1.41 bits per heavy atom. The van der Waals surface area contributed by atoms with Crippen molar-refractivity contribution in [1.29, 1.82) is 0 Å². The summed E-state index contributed by atoms with van der Waals surface area (Å²) < 4.78 is 0. The fourth-order valence-electron chi connectivity index (χ4n) is 2.95. The van der Waals surface area contributed by atoms with E-state index in [0.29, 0.717) is 5.92 Å². The zero-order valence-corrected chi connectivity index (χ0v) is 11.7. The summed E-state index contributed by atoms with van der Waals surface area (Å²) in [6, 6.07) is 0.266. The monoisotopic (exact) mass is 242 g/mol. The van der Waals surface area contributed by atoms with E-state index in [1.54, 1.807) is 0 Å². The molecule has 102 valence electrons. The number of aliphatic hydroxyl groups is 1. The molecule has 1 aliphatic heterocycles. The summed E-state index contributed by atoms with van der Waals surface area (Å²) in [6.07, 6.45) is 4.83. The van der Waals surface area contributed by atoms with Gasteiger partial charge in [-0.05, 0) is 37.6 Å². The molecule has 1 rings (SSSR count). The van der Waals surface area contributed by atoms with Crippen molar-refractivity contribution in [1.82, 2.24) is 4.90 Å². The Labute approximate surface area is 106 Å². The van der Waals surface area contributed by atoms with Crippen molar-refractivity contribution in [2.24, 2.45) is 17.6 Å². The van der Waals surface area contributed by atoms with Gasteiger partial charge in [0.05, 0.1) is 6.61 Å². The van der Waals surface area contributed by atoms with Crippen molar-refractivity contribution >= 4 is 0 Å². The Bertz CT molecular complexity index is 208. The molecule has 3 heteroatoms. The van der Waals surface area contributed by atoms with Gasteiger partial charge in [-0.1, -0.05) is 27.2 Å². The zero-order chi connectivity index (χ0) is 12.8. The minimum absolute atomic E-state index is 0.107. The SMILES string of the molecule is CCC1CCCN(C(CO)C(N)CC(C)C)C1. The van der Waals surface area contributed by atoms with Gasteiger partial charge in [0, 0.05) is 18.6 Å². The highest BCUT2D eigenvalue weighted by atomic mass is 16.3. The summed E-state index contributed by atoms with van der Waals surface area (Å²) in [7, 11) is 0. The van der Waals surface area contributed by atoms with Gasteiger partial charge in [-0.3, -0.25) is 4.90 Å². The molecule has 0 amide bonds. The van der Waals surface area contributed by atoms with E-state index in [9.17, 15) is 5.11 Å². The molecule has 0 radical (unpaired) electrons. The molecule has 0 aliphatic carbocycles. The lowest BCUT2D eigenvalue weighted by atomic mass is 9.91. The highest BCUT2D eigenvalue weighted by molar-refractivity contribution is 4.85. The number of nitrogens with two attached hydrogens (primary N) is 1. The van der Waals surface area contributed by atoms with Crippen molar-refractivity contribution in [3.05, 3.63) is 0 Å². The molecule has 0 spiro atoms. The van der Waals surface area contributed by atoms with Gasteiger partial charge in [0.1, 0.15) is 0 Å². The van der Waals surface area contributed by atoms with Gasteiger partial charge in [0.2, 0.25) is 0 Å². The average molecular weight is 242 g/mol. The molecular formula is C14H30N2O. The van der Waals surface area contributed by atoms with Crippen LogP contribution in [-0.2, 0) is 0 Å². The van der Waals surface area contributed by atoms with Crippen LogP contribution in [0, 0.1) is 11.8 Å². The summed E-state index contributed by atoms with van der Waals surface area (Å²) in [5.74, 6) is 1.40. The fourth-order valence-corrected chi connectivity index (χ4v) is 2.95. The Morgan fingerprint density at radius 2 is 2.12 bits per heavy atom. The zero-order valence-electron chi connectivity index (χ0n) is 11.7. The molecule has 0 aromatic rings. The largest absolute Gasteiger partial charge is 0.395 e. The standard InChI is InChI=1S/C14H30N2O/c1-4-12-6-5-7-16(9-12)14(10-17)13(15)8-11(2)3/h11-14,17H,4-10,15H2,1-3H3. The van der Waals surface area contributed by atoms with Crippen LogP contribution in [0.5, 0.6) is 0 Å². The number of piperidine rings is 1. The molecule has 1 aliphatic rings. The second-order valence-electron chi connectivity index (χ2n) is 5.95. The third-order valence-corrected chi connectivity index (χ3v) is 4.02. The van der Waals surface area contributed by atoms with Gasteiger partial charge >= 0.3 is 0 Å². The van der Waals surface area contributed by atoms with Gasteiger partial charge < -0.3 is 10.8 Å². The number of rotatable bonds is 6. The average Bonchev–Trinajstić information content (AvgIpc) is 2.29. The molecule has 1 heterocycles. The van der Waals surface area contributed by atoms with E-state index in [4.69, 9.17) is 5.73 Å². The fraction of sp³-hybridized carbons (Fsp3) is 1.00. The molecule has 0 saturated carbocycles. The Balaban J connectivity index is 2.53. The van der Waals surface area contributed by atoms with Crippen LogP contribution < -0.4 is 5.73 Å². The van der Waals surface area contributed by atoms with Crippen molar-refractivity contribution < 1.29 is 5.11 Å². The topological polar surface area (TPSA) is 49.5 Å². The van der Waals surface area contributed by atoms with E-state index in [1.807, 2.05) is 0 Å². The maximum absolute atomic E-state index is 9.60. The van der Waals surface area contributed by atoms with Gasteiger partial charge in [-0.25, -0.2) is 0 Å². The normalized spacial score (nSPS) is 26.1. The van der Waals surface area contributed by atoms with Crippen LogP contribution in [0.3, 0.4) is 0 Å². The summed E-state index contributed by atoms with van der Waals surface area (Å²) in [6.45, 7) is 9.07. The van der Waals surface area contributed by atoms with E-state index in [0.717, 1.165) is 25.4 Å². The lowest BCUT2D eigenvalue weighted by Crippen LogP contribution is -2.53. The number of hydrogen-bond donors (Lipinski definition) is 2.